The van der Waals surface area contributed by atoms with Gasteiger partial charge in [-0.15, -0.1) is 11.8 Å². The Hall–Kier alpha value is -1.87. The average Bonchev–Trinajstić information content (AvgIpc) is 2.73. The third-order valence-corrected chi connectivity index (χ3v) is 8.57. The van der Waals surface area contributed by atoms with E-state index in [2.05, 4.69) is 39.1 Å². The van der Waals surface area contributed by atoms with E-state index in [-0.39, 0.29) is 16.6 Å². The van der Waals surface area contributed by atoms with Gasteiger partial charge in [0.25, 0.3) is 0 Å². The Bertz CT molecular complexity index is 1020. The fraction of sp³-hybridized carbons (Fsp3) is 0.409. The van der Waals surface area contributed by atoms with E-state index >= 15 is 0 Å². The van der Waals surface area contributed by atoms with Gasteiger partial charge in [0.15, 0.2) is 0 Å². The summed E-state index contributed by atoms with van der Waals surface area (Å²) < 4.78 is 32.3. The van der Waals surface area contributed by atoms with Crippen LogP contribution in [0.25, 0.3) is 0 Å². The number of rotatable bonds is 6. The molecule has 0 atom stereocenters. The predicted octanol–water partition coefficient (Wildman–Crippen LogP) is 3.67. The Balaban J connectivity index is 1.69. The number of carbonyl (C=O) groups is 1. The van der Waals surface area contributed by atoms with Crippen LogP contribution in [-0.2, 0) is 19.6 Å². The molecule has 1 heterocycles. The molecule has 1 aliphatic rings. The van der Waals surface area contributed by atoms with Crippen molar-refractivity contribution in [1.82, 2.24) is 4.31 Å². The minimum absolute atomic E-state index is 0.168. The van der Waals surface area contributed by atoms with Gasteiger partial charge < -0.3 is 10.1 Å². The fourth-order valence-corrected chi connectivity index (χ4v) is 5.96. The summed E-state index contributed by atoms with van der Waals surface area (Å²) in [5, 5.41) is 2.83. The number of carbonyl (C=O) groups excluding carboxylic acids is 1. The summed E-state index contributed by atoms with van der Waals surface area (Å²) in [6.45, 7) is 9.76. The van der Waals surface area contributed by atoms with Crippen molar-refractivity contribution in [3.8, 4) is 0 Å². The summed E-state index contributed by atoms with van der Waals surface area (Å²) >= 11 is 1.51. The van der Waals surface area contributed by atoms with Crippen molar-refractivity contribution in [3.05, 3.63) is 52.6 Å². The molecule has 0 unspecified atom stereocenters. The van der Waals surface area contributed by atoms with Crippen LogP contribution in [0.2, 0.25) is 0 Å². The van der Waals surface area contributed by atoms with Crippen molar-refractivity contribution in [2.45, 2.75) is 37.5 Å². The second-order valence-electron chi connectivity index (χ2n) is 7.47. The van der Waals surface area contributed by atoms with Gasteiger partial charge >= 0.3 is 0 Å². The van der Waals surface area contributed by atoms with Gasteiger partial charge in [-0.1, -0.05) is 12.1 Å². The van der Waals surface area contributed by atoms with Gasteiger partial charge in [-0.2, -0.15) is 4.31 Å². The first-order chi connectivity index (χ1) is 14.2. The zero-order valence-electron chi connectivity index (χ0n) is 17.8. The van der Waals surface area contributed by atoms with E-state index < -0.39 is 10.0 Å². The van der Waals surface area contributed by atoms with E-state index in [1.54, 1.807) is 18.2 Å². The van der Waals surface area contributed by atoms with E-state index in [0.717, 1.165) is 4.90 Å². The molecule has 0 aliphatic carbocycles. The molecule has 0 aromatic heterocycles. The van der Waals surface area contributed by atoms with Crippen molar-refractivity contribution in [2.75, 3.05) is 37.4 Å². The van der Waals surface area contributed by atoms with Gasteiger partial charge in [0, 0.05) is 23.7 Å². The van der Waals surface area contributed by atoms with Crippen LogP contribution in [0.5, 0.6) is 0 Å². The van der Waals surface area contributed by atoms with Crippen LogP contribution in [0.3, 0.4) is 0 Å². The van der Waals surface area contributed by atoms with Gasteiger partial charge in [-0.25, -0.2) is 8.42 Å². The first-order valence-corrected chi connectivity index (χ1v) is 12.3. The summed E-state index contributed by atoms with van der Waals surface area (Å²) in [5.74, 6) is 0.0873. The Morgan fingerprint density at radius 3 is 2.33 bits per heavy atom. The van der Waals surface area contributed by atoms with Crippen LogP contribution in [0.4, 0.5) is 5.69 Å². The molecule has 0 saturated carbocycles. The molecule has 1 N–H and O–H groups in total. The van der Waals surface area contributed by atoms with Crippen molar-refractivity contribution in [3.63, 3.8) is 0 Å². The van der Waals surface area contributed by atoms with Crippen LogP contribution in [0, 0.1) is 27.7 Å². The van der Waals surface area contributed by atoms with Crippen molar-refractivity contribution < 1.29 is 17.9 Å². The van der Waals surface area contributed by atoms with Gasteiger partial charge in [0.05, 0.1) is 23.9 Å². The minimum atomic E-state index is -3.60. The maximum atomic E-state index is 12.8. The van der Waals surface area contributed by atoms with Gasteiger partial charge in [0.1, 0.15) is 0 Å². The van der Waals surface area contributed by atoms with E-state index in [9.17, 15) is 13.2 Å². The molecule has 0 radical (unpaired) electrons. The van der Waals surface area contributed by atoms with Crippen LogP contribution in [0.1, 0.15) is 22.3 Å². The maximum Gasteiger partial charge on any atom is 0.243 e. The number of aryl methyl sites for hydroxylation is 2. The number of nitrogens with one attached hydrogen (secondary N) is 1. The topological polar surface area (TPSA) is 75.7 Å². The third kappa shape index (κ3) is 5.06. The summed E-state index contributed by atoms with van der Waals surface area (Å²) in [6, 6.07) is 8.58. The second kappa shape index (κ2) is 9.51. The first-order valence-electron chi connectivity index (χ1n) is 9.88. The fourth-order valence-electron chi connectivity index (χ4n) is 3.40. The molecule has 6 nitrogen and oxygen atoms in total. The molecule has 30 heavy (non-hydrogen) atoms. The lowest BCUT2D eigenvalue weighted by Gasteiger charge is -2.26. The highest BCUT2D eigenvalue weighted by molar-refractivity contribution is 8.00. The molecule has 1 fully saturated rings. The number of morpholine rings is 1. The Morgan fingerprint density at radius 2 is 1.70 bits per heavy atom. The van der Waals surface area contributed by atoms with Crippen LogP contribution >= 0.6 is 11.8 Å². The van der Waals surface area contributed by atoms with Gasteiger partial charge in [0.2, 0.25) is 15.9 Å². The predicted molar refractivity (Wildman–Crippen MR) is 121 cm³/mol. The molecule has 2 aromatic rings. The van der Waals surface area contributed by atoms with Gasteiger partial charge in [-0.05, 0) is 68.1 Å². The smallest absolute Gasteiger partial charge is 0.243 e. The lowest BCUT2D eigenvalue weighted by molar-refractivity contribution is -0.113. The number of benzene rings is 2. The third-order valence-electron chi connectivity index (χ3n) is 5.37. The number of hydrogen-bond acceptors (Lipinski definition) is 5. The monoisotopic (exact) mass is 448 g/mol. The molecule has 1 amide bonds. The molecule has 3 rings (SSSR count). The van der Waals surface area contributed by atoms with Crippen molar-refractivity contribution >= 4 is 33.4 Å². The molecular weight excluding hydrogens is 420 g/mol. The molecule has 162 valence electrons. The summed E-state index contributed by atoms with van der Waals surface area (Å²) in [5.41, 5.74) is 5.27. The highest BCUT2D eigenvalue weighted by atomic mass is 32.2. The van der Waals surface area contributed by atoms with E-state index in [0.29, 0.717) is 32.0 Å². The number of ether oxygens (including phenoxy) is 1. The van der Waals surface area contributed by atoms with Crippen LogP contribution < -0.4 is 5.32 Å². The van der Waals surface area contributed by atoms with Crippen molar-refractivity contribution in [1.29, 1.82) is 0 Å². The minimum Gasteiger partial charge on any atom is -0.379 e. The highest BCUT2D eigenvalue weighted by Crippen LogP contribution is 2.31. The summed E-state index contributed by atoms with van der Waals surface area (Å²) in [4.78, 5) is 13.8. The molecular formula is C22H28N2O4S2. The number of nitrogens with zero attached hydrogens (tertiary/aromatic N) is 1. The number of hydrogen-bond donors (Lipinski definition) is 1. The second-order valence-corrected chi connectivity index (χ2v) is 10.4. The number of sulfonamides is 1. The van der Waals surface area contributed by atoms with Crippen LogP contribution in [-0.4, -0.2) is 50.7 Å². The molecule has 8 heteroatoms. The van der Waals surface area contributed by atoms with Crippen LogP contribution in [0.15, 0.2) is 40.1 Å². The number of anilines is 1. The Kier molecular flexibility index (Phi) is 7.23. The average molecular weight is 449 g/mol. The number of thioether (sulfide) groups is 1. The number of amides is 1. The summed E-state index contributed by atoms with van der Waals surface area (Å²) in [7, 11) is -3.60. The first kappa shape index (κ1) is 22.8. The molecule has 2 aromatic carbocycles. The molecule has 1 aliphatic heterocycles. The SMILES string of the molecule is Cc1cc(C)c(C)c(SCC(=O)Nc2cccc(S(=O)(=O)N3CCOCC3)c2)c1C. The zero-order valence-corrected chi connectivity index (χ0v) is 19.5. The van der Waals surface area contributed by atoms with E-state index in [1.807, 2.05) is 0 Å². The normalized spacial score (nSPS) is 15.2. The Labute approximate surface area is 183 Å². The quantitative estimate of drug-likeness (QED) is 0.683. The van der Waals surface area contributed by atoms with Gasteiger partial charge in [-0.3, -0.25) is 4.79 Å². The standard InChI is InChI=1S/C22H28N2O4S2/c1-15-12-16(2)18(4)22(17(15)3)29-14-21(25)23-19-6-5-7-20(13-19)30(26,27)24-8-10-28-11-9-24/h5-7,12-13H,8-11,14H2,1-4H3,(H,23,25). The van der Waals surface area contributed by atoms with E-state index in [1.165, 1.54) is 44.4 Å². The lowest BCUT2D eigenvalue weighted by atomic mass is 10.0. The largest absolute Gasteiger partial charge is 0.379 e. The van der Waals surface area contributed by atoms with Crippen molar-refractivity contribution in [2.24, 2.45) is 0 Å². The molecule has 1 saturated heterocycles. The highest BCUT2D eigenvalue weighted by Gasteiger charge is 2.26. The summed E-state index contributed by atoms with van der Waals surface area (Å²) in [6.07, 6.45) is 0. The molecule has 0 spiro atoms. The lowest BCUT2D eigenvalue weighted by Crippen LogP contribution is -2.40. The maximum absolute atomic E-state index is 12.8. The van der Waals surface area contributed by atoms with E-state index in [4.69, 9.17) is 4.74 Å². The molecule has 0 bridgehead atoms. The Morgan fingerprint density at radius 1 is 1.07 bits per heavy atom. The zero-order chi connectivity index (χ0) is 21.9.